The molecule has 0 bridgehead atoms. The Bertz CT molecular complexity index is 400. The van der Waals surface area contributed by atoms with Gasteiger partial charge in [0.15, 0.2) is 0 Å². The number of hydrogen-bond acceptors (Lipinski definition) is 4. The summed E-state index contributed by atoms with van der Waals surface area (Å²) >= 11 is 0. The molecule has 1 aliphatic carbocycles. The molecule has 1 amide bonds. The van der Waals surface area contributed by atoms with Gasteiger partial charge in [-0.3, -0.25) is 14.6 Å². The van der Waals surface area contributed by atoms with Crippen LogP contribution in [-0.2, 0) is 9.53 Å². The third kappa shape index (κ3) is 4.91. The van der Waals surface area contributed by atoms with E-state index in [0.717, 1.165) is 64.8 Å². The molecule has 132 valence electrons. The number of likely N-dealkylation sites (tertiary alicyclic amines) is 1. The van der Waals surface area contributed by atoms with Crippen LogP contribution in [0.1, 0.15) is 33.1 Å². The first kappa shape index (κ1) is 17.2. The van der Waals surface area contributed by atoms with Gasteiger partial charge in [-0.05, 0) is 31.1 Å². The number of carbonyl (C=O) groups is 1. The molecule has 0 aromatic heterocycles. The molecule has 3 rings (SSSR count). The molecule has 2 heterocycles. The highest BCUT2D eigenvalue weighted by atomic mass is 16.5. The highest BCUT2D eigenvalue weighted by Crippen LogP contribution is 2.29. The highest BCUT2D eigenvalue weighted by Gasteiger charge is 2.34. The summed E-state index contributed by atoms with van der Waals surface area (Å²) in [6.45, 7) is 13.3. The number of hydrogen-bond donors (Lipinski definition) is 0. The Balaban J connectivity index is 1.41. The number of amides is 1. The lowest BCUT2D eigenvalue weighted by atomic mass is 10.0. The zero-order chi connectivity index (χ0) is 16.2. The molecule has 3 fully saturated rings. The smallest absolute Gasteiger partial charge is 0.219 e. The van der Waals surface area contributed by atoms with Gasteiger partial charge in [-0.15, -0.1) is 0 Å². The predicted octanol–water partition coefficient (Wildman–Crippen LogP) is 1.29. The van der Waals surface area contributed by atoms with Crippen LogP contribution in [0.15, 0.2) is 0 Å². The molecule has 5 heteroatoms. The first-order chi connectivity index (χ1) is 11.1. The van der Waals surface area contributed by atoms with E-state index in [-0.39, 0.29) is 5.91 Å². The Morgan fingerprint density at radius 3 is 2.70 bits per heavy atom. The van der Waals surface area contributed by atoms with Gasteiger partial charge in [0, 0.05) is 65.4 Å². The summed E-state index contributed by atoms with van der Waals surface area (Å²) in [5.74, 6) is 1.80. The molecule has 2 aliphatic heterocycles. The van der Waals surface area contributed by atoms with Crippen LogP contribution in [0.3, 0.4) is 0 Å². The first-order valence-electron chi connectivity index (χ1n) is 9.43. The van der Waals surface area contributed by atoms with Gasteiger partial charge in [0.2, 0.25) is 5.91 Å². The Hall–Kier alpha value is -0.650. The first-order valence-corrected chi connectivity index (χ1v) is 9.43. The van der Waals surface area contributed by atoms with Gasteiger partial charge in [0.05, 0.1) is 6.61 Å². The second kappa shape index (κ2) is 7.95. The summed E-state index contributed by atoms with van der Waals surface area (Å²) in [5, 5.41) is 0. The fourth-order valence-corrected chi connectivity index (χ4v) is 4.02. The van der Waals surface area contributed by atoms with Crippen LogP contribution in [0.2, 0.25) is 0 Å². The highest BCUT2D eigenvalue weighted by molar-refractivity contribution is 5.73. The maximum atomic E-state index is 11.6. The fourth-order valence-electron chi connectivity index (χ4n) is 4.02. The van der Waals surface area contributed by atoms with E-state index in [0.29, 0.717) is 12.0 Å². The molecule has 23 heavy (non-hydrogen) atoms. The van der Waals surface area contributed by atoms with Crippen LogP contribution in [-0.4, -0.2) is 85.7 Å². The van der Waals surface area contributed by atoms with Crippen molar-refractivity contribution in [3.8, 4) is 0 Å². The maximum Gasteiger partial charge on any atom is 0.219 e. The molecule has 0 unspecified atom stereocenters. The van der Waals surface area contributed by atoms with Crippen LogP contribution in [0.5, 0.6) is 0 Å². The molecule has 2 atom stereocenters. The average molecular weight is 323 g/mol. The lowest BCUT2D eigenvalue weighted by Gasteiger charge is -2.30. The molecule has 5 nitrogen and oxygen atoms in total. The predicted molar refractivity (Wildman–Crippen MR) is 91.4 cm³/mol. The maximum absolute atomic E-state index is 11.6. The zero-order valence-electron chi connectivity index (χ0n) is 14.9. The molecule has 3 aliphatic rings. The van der Waals surface area contributed by atoms with Crippen molar-refractivity contribution in [1.29, 1.82) is 0 Å². The van der Waals surface area contributed by atoms with Crippen molar-refractivity contribution in [1.82, 2.24) is 14.7 Å². The molecular weight excluding hydrogens is 290 g/mol. The fraction of sp³-hybridized carbons (Fsp3) is 0.944. The van der Waals surface area contributed by atoms with Gasteiger partial charge in [-0.25, -0.2) is 0 Å². The Morgan fingerprint density at radius 2 is 1.96 bits per heavy atom. The summed E-state index contributed by atoms with van der Waals surface area (Å²) in [6, 6.07) is 0.644. The second-order valence-corrected chi connectivity index (χ2v) is 7.72. The van der Waals surface area contributed by atoms with E-state index < -0.39 is 0 Å². The summed E-state index contributed by atoms with van der Waals surface area (Å²) in [4.78, 5) is 18.8. The van der Waals surface area contributed by atoms with Gasteiger partial charge in [0.25, 0.3) is 0 Å². The minimum absolute atomic E-state index is 0.223. The van der Waals surface area contributed by atoms with E-state index in [1.807, 2.05) is 4.90 Å². The molecule has 0 aromatic carbocycles. The standard InChI is InChI=1S/C18H33N3O2/c1-15-12-19(10-11-23-14-17-4-5-17)13-18(15)21-7-3-6-20(8-9-21)16(2)22/h15,17-18H,3-14H2,1-2H3/t15-,18-/m0/s1. The van der Waals surface area contributed by atoms with Crippen LogP contribution in [0.25, 0.3) is 0 Å². The Morgan fingerprint density at radius 1 is 1.13 bits per heavy atom. The van der Waals surface area contributed by atoms with Gasteiger partial charge in [0.1, 0.15) is 0 Å². The molecule has 0 radical (unpaired) electrons. The molecule has 1 saturated carbocycles. The van der Waals surface area contributed by atoms with Crippen molar-refractivity contribution in [3.05, 3.63) is 0 Å². The third-order valence-electron chi connectivity index (χ3n) is 5.70. The largest absolute Gasteiger partial charge is 0.380 e. The molecule has 0 spiro atoms. The van der Waals surface area contributed by atoms with E-state index in [1.165, 1.54) is 19.4 Å². The van der Waals surface area contributed by atoms with Gasteiger partial charge in [-0.1, -0.05) is 6.92 Å². The number of rotatable bonds is 6. The van der Waals surface area contributed by atoms with Crippen LogP contribution < -0.4 is 0 Å². The van der Waals surface area contributed by atoms with Crippen molar-refractivity contribution in [2.24, 2.45) is 11.8 Å². The van der Waals surface area contributed by atoms with Crippen LogP contribution in [0, 0.1) is 11.8 Å². The second-order valence-electron chi connectivity index (χ2n) is 7.72. The molecular formula is C18H33N3O2. The molecule has 0 N–H and O–H groups in total. The van der Waals surface area contributed by atoms with E-state index in [4.69, 9.17) is 4.74 Å². The number of carbonyl (C=O) groups excluding carboxylic acids is 1. The normalized spacial score (nSPS) is 30.6. The minimum Gasteiger partial charge on any atom is -0.380 e. The average Bonchev–Trinajstić information content (AvgIpc) is 3.30. The Labute approximate surface area is 140 Å². The van der Waals surface area contributed by atoms with Crippen molar-refractivity contribution in [2.45, 2.75) is 39.2 Å². The summed E-state index contributed by atoms with van der Waals surface area (Å²) in [5.41, 5.74) is 0. The number of nitrogens with zero attached hydrogens (tertiary/aromatic N) is 3. The monoisotopic (exact) mass is 323 g/mol. The van der Waals surface area contributed by atoms with Crippen LogP contribution >= 0.6 is 0 Å². The van der Waals surface area contributed by atoms with Crippen molar-refractivity contribution >= 4 is 5.91 Å². The van der Waals surface area contributed by atoms with E-state index >= 15 is 0 Å². The summed E-state index contributed by atoms with van der Waals surface area (Å²) in [6.07, 6.45) is 3.84. The third-order valence-corrected chi connectivity index (χ3v) is 5.70. The number of ether oxygens (including phenoxy) is 1. The zero-order valence-corrected chi connectivity index (χ0v) is 14.9. The SMILES string of the molecule is CC(=O)N1CCCN([C@H]2CN(CCOCC3CC3)C[C@@H]2C)CC1. The lowest BCUT2D eigenvalue weighted by molar-refractivity contribution is -0.128. The van der Waals surface area contributed by atoms with Gasteiger partial charge < -0.3 is 9.64 Å². The van der Waals surface area contributed by atoms with Gasteiger partial charge >= 0.3 is 0 Å². The van der Waals surface area contributed by atoms with Crippen molar-refractivity contribution in [3.63, 3.8) is 0 Å². The van der Waals surface area contributed by atoms with Crippen molar-refractivity contribution < 1.29 is 9.53 Å². The lowest BCUT2D eigenvalue weighted by Crippen LogP contribution is -2.43. The molecule has 0 aromatic rings. The van der Waals surface area contributed by atoms with Crippen molar-refractivity contribution in [2.75, 3.05) is 59.0 Å². The van der Waals surface area contributed by atoms with E-state index in [1.54, 1.807) is 6.92 Å². The van der Waals surface area contributed by atoms with E-state index in [9.17, 15) is 4.79 Å². The minimum atomic E-state index is 0.223. The van der Waals surface area contributed by atoms with Gasteiger partial charge in [-0.2, -0.15) is 0 Å². The topological polar surface area (TPSA) is 36.0 Å². The van der Waals surface area contributed by atoms with Crippen LogP contribution in [0.4, 0.5) is 0 Å². The molecule has 2 saturated heterocycles. The quantitative estimate of drug-likeness (QED) is 0.690. The Kier molecular flexibility index (Phi) is 5.94. The van der Waals surface area contributed by atoms with E-state index in [2.05, 4.69) is 16.7 Å². The summed E-state index contributed by atoms with van der Waals surface area (Å²) in [7, 11) is 0. The summed E-state index contributed by atoms with van der Waals surface area (Å²) < 4.78 is 5.80.